The monoisotopic (exact) mass is 294 g/mol. The molecule has 108 valence electrons. The van der Waals surface area contributed by atoms with Gasteiger partial charge >= 0.3 is 0 Å². The van der Waals surface area contributed by atoms with Gasteiger partial charge in [-0.2, -0.15) is 5.10 Å². The molecule has 3 aromatic heterocycles. The first-order chi connectivity index (χ1) is 10.8. The third kappa shape index (κ3) is 2.05. The molecule has 0 fully saturated rings. The van der Waals surface area contributed by atoms with E-state index in [9.17, 15) is 4.79 Å². The minimum Gasteiger partial charge on any atom is -0.461 e. The summed E-state index contributed by atoms with van der Waals surface area (Å²) in [5.74, 6) is 0.542. The van der Waals surface area contributed by atoms with Gasteiger partial charge in [-0.15, -0.1) is 0 Å². The van der Waals surface area contributed by atoms with E-state index in [1.807, 2.05) is 12.1 Å². The van der Waals surface area contributed by atoms with Gasteiger partial charge in [-0.05, 0) is 18.2 Å². The summed E-state index contributed by atoms with van der Waals surface area (Å²) in [5, 5.41) is 14.3. The van der Waals surface area contributed by atoms with Crippen LogP contribution in [0, 0.1) is 0 Å². The van der Waals surface area contributed by atoms with Gasteiger partial charge in [-0.25, -0.2) is 0 Å². The van der Waals surface area contributed by atoms with E-state index in [0.717, 1.165) is 10.9 Å². The molecule has 7 heteroatoms. The van der Waals surface area contributed by atoms with Crippen LogP contribution in [0.5, 0.6) is 0 Å². The van der Waals surface area contributed by atoms with E-state index in [2.05, 4.69) is 20.7 Å². The Balaban J connectivity index is 1.61. The highest BCUT2D eigenvalue weighted by molar-refractivity contribution is 6.07. The molecule has 0 spiro atoms. The fourth-order valence-electron chi connectivity index (χ4n) is 2.18. The number of nitrogens with zero attached hydrogens (tertiary/aromatic N) is 2. The lowest BCUT2D eigenvalue weighted by Gasteiger charge is -2.03. The predicted molar refractivity (Wildman–Crippen MR) is 78.3 cm³/mol. The molecule has 1 amide bonds. The fourth-order valence-corrected chi connectivity index (χ4v) is 2.18. The fraction of sp³-hybridized carbons (Fsp3) is 0. The van der Waals surface area contributed by atoms with Crippen molar-refractivity contribution in [2.75, 3.05) is 5.32 Å². The van der Waals surface area contributed by atoms with Gasteiger partial charge in [0.05, 0.1) is 23.7 Å². The molecule has 0 bridgehead atoms. The van der Waals surface area contributed by atoms with Gasteiger partial charge < -0.3 is 14.3 Å². The molecule has 0 radical (unpaired) electrons. The van der Waals surface area contributed by atoms with Crippen molar-refractivity contribution < 1.29 is 13.7 Å². The van der Waals surface area contributed by atoms with Crippen LogP contribution in [0.15, 0.2) is 57.8 Å². The number of furan rings is 1. The van der Waals surface area contributed by atoms with Crippen molar-refractivity contribution in [2.24, 2.45) is 0 Å². The Hall–Kier alpha value is -3.35. The van der Waals surface area contributed by atoms with E-state index in [4.69, 9.17) is 8.94 Å². The van der Waals surface area contributed by atoms with Gasteiger partial charge in [0.1, 0.15) is 0 Å². The zero-order chi connectivity index (χ0) is 14.9. The van der Waals surface area contributed by atoms with E-state index >= 15 is 0 Å². The second-order valence-corrected chi connectivity index (χ2v) is 4.65. The molecule has 22 heavy (non-hydrogen) atoms. The highest BCUT2D eigenvalue weighted by Crippen LogP contribution is 2.23. The van der Waals surface area contributed by atoms with E-state index < -0.39 is 0 Å². The van der Waals surface area contributed by atoms with E-state index in [0.29, 0.717) is 17.2 Å². The minimum atomic E-state index is -0.372. The van der Waals surface area contributed by atoms with Crippen LogP contribution in [0.2, 0.25) is 0 Å². The van der Waals surface area contributed by atoms with Crippen molar-refractivity contribution >= 4 is 22.5 Å². The van der Waals surface area contributed by atoms with Crippen molar-refractivity contribution in [1.29, 1.82) is 0 Å². The van der Waals surface area contributed by atoms with E-state index in [-0.39, 0.29) is 11.6 Å². The first kappa shape index (κ1) is 12.4. The Kier molecular flexibility index (Phi) is 2.75. The number of aromatic amines is 1. The zero-order valence-corrected chi connectivity index (χ0v) is 11.2. The number of aromatic nitrogens is 3. The zero-order valence-electron chi connectivity index (χ0n) is 11.2. The lowest BCUT2D eigenvalue weighted by Crippen LogP contribution is -2.12. The third-order valence-electron chi connectivity index (χ3n) is 3.23. The second-order valence-electron chi connectivity index (χ2n) is 4.65. The molecule has 0 unspecified atom stereocenters. The molecule has 0 saturated carbocycles. The van der Waals surface area contributed by atoms with Gasteiger partial charge in [0.2, 0.25) is 5.76 Å². The number of rotatable bonds is 3. The van der Waals surface area contributed by atoms with Crippen LogP contribution < -0.4 is 5.32 Å². The first-order valence-electron chi connectivity index (χ1n) is 6.55. The van der Waals surface area contributed by atoms with Crippen LogP contribution >= 0.6 is 0 Å². The molecular weight excluding hydrogens is 284 g/mol. The number of hydrogen-bond acceptors (Lipinski definition) is 5. The van der Waals surface area contributed by atoms with Crippen LogP contribution in [0.25, 0.3) is 22.4 Å². The lowest BCUT2D eigenvalue weighted by atomic mass is 10.2. The number of amides is 1. The molecule has 0 aliphatic carbocycles. The number of carbonyl (C=O) groups excluding carboxylic acids is 1. The van der Waals surface area contributed by atoms with Crippen molar-refractivity contribution in [3.63, 3.8) is 0 Å². The van der Waals surface area contributed by atoms with Gasteiger partial charge in [0, 0.05) is 11.5 Å². The smallest absolute Gasteiger partial charge is 0.277 e. The predicted octanol–water partition coefficient (Wildman–Crippen LogP) is 3.06. The molecule has 1 aromatic carbocycles. The maximum atomic E-state index is 12.3. The summed E-state index contributed by atoms with van der Waals surface area (Å²) in [5.41, 5.74) is 1.55. The Morgan fingerprint density at radius 3 is 3.00 bits per heavy atom. The van der Waals surface area contributed by atoms with Gasteiger partial charge in [0.25, 0.3) is 5.91 Å². The quantitative estimate of drug-likeness (QED) is 0.605. The largest absolute Gasteiger partial charge is 0.461 e. The van der Waals surface area contributed by atoms with Crippen LogP contribution in [-0.2, 0) is 0 Å². The third-order valence-corrected chi connectivity index (χ3v) is 3.23. The molecule has 3 heterocycles. The molecule has 4 aromatic rings. The standard InChI is InChI=1S/C15H10N4O3/c20-15(11-7-13(22-19-11)12-5-2-6-21-12)17-10-4-1-3-9-8-16-18-14(9)10/h1-8H,(H,16,18)(H,17,20). The second kappa shape index (κ2) is 4.88. The van der Waals surface area contributed by atoms with Crippen LogP contribution in [0.1, 0.15) is 10.5 Å². The van der Waals surface area contributed by atoms with Crippen LogP contribution in [0.4, 0.5) is 5.69 Å². The maximum Gasteiger partial charge on any atom is 0.277 e. The Bertz CT molecular complexity index is 937. The Morgan fingerprint density at radius 1 is 1.18 bits per heavy atom. The van der Waals surface area contributed by atoms with Gasteiger partial charge in [0.15, 0.2) is 11.5 Å². The number of anilines is 1. The van der Waals surface area contributed by atoms with Crippen LogP contribution in [-0.4, -0.2) is 21.3 Å². The molecule has 2 N–H and O–H groups in total. The summed E-state index contributed by atoms with van der Waals surface area (Å²) in [6.45, 7) is 0. The maximum absolute atomic E-state index is 12.3. The van der Waals surface area contributed by atoms with Crippen molar-refractivity contribution in [3.05, 3.63) is 54.6 Å². The summed E-state index contributed by atoms with van der Waals surface area (Å²) < 4.78 is 10.3. The average molecular weight is 294 g/mol. The summed E-state index contributed by atoms with van der Waals surface area (Å²) in [6.07, 6.45) is 3.21. The normalized spacial score (nSPS) is 10.9. The first-order valence-corrected chi connectivity index (χ1v) is 6.55. The molecule has 0 saturated heterocycles. The van der Waals surface area contributed by atoms with Crippen LogP contribution in [0.3, 0.4) is 0 Å². The number of carbonyl (C=O) groups is 1. The Labute approximate surface area is 123 Å². The topological polar surface area (TPSA) is 97.0 Å². The van der Waals surface area contributed by atoms with Crippen molar-refractivity contribution in [2.45, 2.75) is 0 Å². The summed E-state index contributed by atoms with van der Waals surface area (Å²) >= 11 is 0. The number of nitrogens with one attached hydrogen (secondary N) is 2. The molecule has 4 rings (SSSR count). The van der Waals surface area contributed by atoms with E-state index in [1.165, 1.54) is 12.3 Å². The highest BCUT2D eigenvalue weighted by atomic mass is 16.5. The van der Waals surface area contributed by atoms with Gasteiger partial charge in [-0.1, -0.05) is 17.3 Å². The molecule has 7 nitrogen and oxygen atoms in total. The summed E-state index contributed by atoms with van der Waals surface area (Å²) in [6, 6.07) is 10.5. The summed E-state index contributed by atoms with van der Waals surface area (Å²) in [7, 11) is 0. The number of H-pyrrole nitrogens is 1. The average Bonchev–Trinajstić information content (AvgIpc) is 3.27. The molecule has 0 aliphatic rings. The van der Waals surface area contributed by atoms with Gasteiger partial charge in [-0.3, -0.25) is 9.89 Å². The van der Waals surface area contributed by atoms with Crippen molar-refractivity contribution in [1.82, 2.24) is 15.4 Å². The summed E-state index contributed by atoms with van der Waals surface area (Å²) in [4.78, 5) is 12.3. The number of hydrogen-bond donors (Lipinski definition) is 2. The molecule has 0 aliphatic heterocycles. The Morgan fingerprint density at radius 2 is 2.14 bits per heavy atom. The molecule has 0 atom stereocenters. The van der Waals surface area contributed by atoms with E-state index in [1.54, 1.807) is 24.4 Å². The minimum absolute atomic E-state index is 0.169. The SMILES string of the molecule is O=C(Nc1cccc2cn[nH]c12)c1cc(-c2ccco2)on1. The number of fused-ring (bicyclic) bond motifs is 1. The van der Waals surface area contributed by atoms with Crippen molar-refractivity contribution in [3.8, 4) is 11.5 Å². The number of benzene rings is 1. The number of para-hydroxylation sites is 1. The highest BCUT2D eigenvalue weighted by Gasteiger charge is 2.16. The lowest BCUT2D eigenvalue weighted by molar-refractivity contribution is 0.101. The molecular formula is C15H10N4O3.